The number of benzene rings is 2. The van der Waals surface area contributed by atoms with Gasteiger partial charge in [0.05, 0.1) is 29.1 Å². The Morgan fingerprint density at radius 1 is 1.06 bits per heavy atom. The highest BCUT2D eigenvalue weighted by atomic mass is 19.1. The Hall–Kier alpha value is -3.28. The SMILES string of the molecule is CCCCC(CC)n1ncc(-c2noc(-c3cc(C)ccc3F)n2)c1-c1ccccc1. The quantitative estimate of drug-likeness (QED) is 0.314. The van der Waals surface area contributed by atoms with Crippen molar-refractivity contribution in [2.45, 2.75) is 52.5 Å². The first-order valence-corrected chi connectivity index (χ1v) is 10.9. The van der Waals surface area contributed by atoms with E-state index in [1.807, 2.05) is 25.1 Å². The summed E-state index contributed by atoms with van der Waals surface area (Å²) in [4.78, 5) is 4.53. The van der Waals surface area contributed by atoms with Gasteiger partial charge in [0.15, 0.2) is 0 Å². The van der Waals surface area contributed by atoms with E-state index in [0.717, 1.165) is 48.1 Å². The first-order valence-electron chi connectivity index (χ1n) is 10.9. The smallest absolute Gasteiger partial charge is 0.261 e. The average Bonchev–Trinajstić information content (AvgIpc) is 3.44. The number of aryl methyl sites for hydroxylation is 1. The second-order valence-corrected chi connectivity index (χ2v) is 7.83. The van der Waals surface area contributed by atoms with E-state index < -0.39 is 0 Å². The predicted molar refractivity (Wildman–Crippen MR) is 120 cm³/mol. The van der Waals surface area contributed by atoms with Crippen LogP contribution in [0.5, 0.6) is 0 Å². The molecule has 0 amide bonds. The molecular weight excluding hydrogens is 391 g/mol. The fourth-order valence-electron chi connectivity index (χ4n) is 3.87. The Morgan fingerprint density at radius 3 is 2.61 bits per heavy atom. The van der Waals surface area contributed by atoms with E-state index in [1.165, 1.54) is 6.07 Å². The zero-order valence-corrected chi connectivity index (χ0v) is 18.2. The minimum Gasteiger partial charge on any atom is -0.334 e. The summed E-state index contributed by atoms with van der Waals surface area (Å²) in [6, 6.07) is 15.3. The van der Waals surface area contributed by atoms with Crippen molar-refractivity contribution in [1.29, 1.82) is 0 Å². The van der Waals surface area contributed by atoms with Crippen LogP contribution in [0.4, 0.5) is 4.39 Å². The summed E-state index contributed by atoms with van der Waals surface area (Å²) in [5, 5.41) is 8.90. The van der Waals surface area contributed by atoms with Crippen LogP contribution in [0.2, 0.25) is 0 Å². The molecule has 0 saturated heterocycles. The lowest BCUT2D eigenvalue weighted by Crippen LogP contribution is -2.11. The van der Waals surface area contributed by atoms with Crippen molar-refractivity contribution in [2.24, 2.45) is 0 Å². The van der Waals surface area contributed by atoms with Gasteiger partial charge in [-0.15, -0.1) is 0 Å². The summed E-state index contributed by atoms with van der Waals surface area (Å²) in [5.41, 5.74) is 4.01. The largest absolute Gasteiger partial charge is 0.334 e. The number of halogens is 1. The van der Waals surface area contributed by atoms with Gasteiger partial charge in [0.2, 0.25) is 5.82 Å². The van der Waals surface area contributed by atoms with E-state index in [-0.39, 0.29) is 17.7 Å². The van der Waals surface area contributed by atoms with Gasteiger partial charge in [-0.3, -0.25) is 4.68 Å². The van der Waals surface area contributed by atoms with Gasteiger partial charge >= 0.3 is 0 Å². The van der Waals surface area contributed by atoms with E-state index in [2.05, 4.69) is 40.8 Å². The van der Waals surface area contributed by atoms with Crippen molar-refractivity contribution in [3.05, 3.63) is 66.1 Å². The molecule has 6 heteroatoms. The number of rotatable bonds is 8. The maximum atomic E-state index is 14.3. The highest BCUT2D eigenvalue weighted by Crippen LogP contribution is 2.35. The second kappa shape index (κ2) is 9.25. The number of hydrogen-bond donors (Lipinski definition) is 0. The van der Waals surface area contributed by atoms with Crippen molar-refractivity contribution < 1.29 is 8.91 Å². The minimum atomic E-state index is -0.384. The normalized spacial score (nSPS) is 12.3. The van der Waals surface area contributed by atoms with Crippen LogP contribution in [0.15, 0.2) is 59.3 Å². The molecule has 0 fully saturated rings. The maximum absolute atomic E-state index is 14.3. The average molecular weight is 419 g/mol. The van der Waals surface area contributed by atoms with E-state index >= 15 is 0 Å². The van der Waals surface area contributed by atoms with E-state index in [4.69, 9.17) is 9.62 Å². The first-order chi connectivity index (χ1) is 15.1. The molecule has 0 saturated carbocycles. The molecule has 2 heterocycles. The molecule has 2 aromatic heterocycles. The molecule has 1 unspecified atom stereocenters. The molecule has 0 spiro atoms. The Balaban J connectivity index is 1.81. The van der Waals surface area contributed by atoms with Crippen LogP contribution in [-0.2, 0) is 0 Å². The van der Waals surface area contributed by atoms with Gasteiger partial charge < -0.3 is 4.52 Å². The van der Waals surface area contributed by atoms with Crippen LogP contribution in [0.25, 0.3) is 34.1 Å². The molecule has 0 radical (unpaired) electrons. The van der Waals surface area contributed by atoms with E-state index in [9.17, 15) is 4.39 Å². The lowest BCUT2D eigenvalue weighted by Gasteiger charge is -2.19. The summed E-state index contributed by atoms with van der Waals surface area (Å²) in [7, 11) is 0. The molecule has 31 heavy (non-hydrogen) atoms. The Kier molecular flexibility index (Phi) is 6.26. The van der Waals surface area contributed by atoms with Crippen molar-refractivity contribution in [1.82, 2.24) is 19.9 Å². The standard InChI is InChI=1S/C25H27FN4O/c1-4-6-12-19(5-2)30-23(18-10-8-7-9-11-18)21(16-27-30)24-28-25(31-29-24)20-15-17(3)13-14-22(20)26/h7-11,13-16,19H,4-6,12H2,1-3H3. The van der Waals surface area contributed by atoms with Gasteiger partial charge in [0.1, 0.15) is 5.82 Å². The number of unbranched alkanes of at least 4 members (excludes halogenated alkanes) is 1. The molecule has 5 nitrogen and oxygen atoms in total. The summed E-state index contributed by atoms with van der Waals surface area (Å²) in [6.07, 6.45) is 6.10. The van der Waals surface area contributed by atoms with Crippen molar-refractivity contribution >= 4 is 0 Å². The minimum absolute atomic E-state index is 0.168. The number of nitrogens with zero attached hydrogens (tertiary/aromatic N) is 4. The maximum Gasteiger partial charge on any atom is 0.261 e. The van der Waals surface area contributed by atoms with Gasteiger partial charge in [-0.1, -0.05) is 73.8 Å². The summed E-state index contributed by atoms with van der Waals surface area (Å²) in [5.74, 6) is 0.192. The van der Waals surface area contributed by atoms with Crippen molar-refractivity contribution in [3.63, 3.8) is 0 Å². The lowest BCUT2D eigenvalue weighted by molar-refractivity contribution is 0.404. The van der Waals surface area contributed by atoms with Crippen LogP contribution in [0.3, 0.4) is 0 Å². The van der Waals surface area contributed by atoms with Crippen LogP contribution >= 0.6 is 0 Å². The Bertz CT molecular complexity index is 1150. The predicted octanol–water partition coefficient (Wildman–Crippen LogP) is 6.86. The summed E-state index contributed by atoms with van der Waals surface area (Å²) in [6.45, 7) is 6.28. The lowest BCUT2D eigenvalue weighted by atomic mass is 10.0. The molecule has 1 atom stereocenters. The molecule has 4 rings (SSSR count). The molecule has 0 bridgehead atoms. The topological polar surface area (TPSA) is 56.7 Å². The monoisotopic (exact) mass is 418 g/mol. The van der Waals surface area contributed by atoms with Gasteiger partial charge in [-0.2, -0.15) is 10.1 Å². The molecule has 4 aromatic rings. The Labute approximate surface area is 181 Å². The first kappa shape index (κ1) is 21.0. The number of hydrogen-bond acceptors (Lipinski definition) is 4. The zero-order valence-electron chi connectivity index (χ0n) is 18.2. The third-order valence-electron chi connectivity index (χ3n) is 5.57. The third kappa shape index (κ3) is 4.29. The van der Waals surface area contributed by atoms with Crippen molar-refractivity contribution in [2.75, 3.05) is 0 Å². The zero-order chi connectivity index (χ0) is 21.8. The van der Waals surface area contributed by atoms with Gasteiger partial charge in [-0.05, 0) is 31.9 Å². The van der Waals surface area contributed by atoms with Gasteiger partial charge in [-0.25, -0.2) is 4.39 Å². The van der Waals surface area contributed by atoms with Gasteiger partial charge in [0.25, 0.3) is 5.89 Å². The summed E-state index contributed by atoms with van der Waals surface area (Å²) >= 11 is 0. The fourth-order valence-corrected chi connectivity index (χ4v) is 3.87. The highest BCUT2D eigenvalue weighted by Gasteiger charge is 2.23. The van der Waals surface area contributed by atoms with Crippen LogP contribution in [-0.4, -0.2) is 19.9 Å². The van der Waals surface area contributed by atoms with Crippen LogP contribution in [0.1, 0.15) is 51.1 Å². The summed E-state index contributed by atoms with van der Waals surface area (Å²) < 4.78 is 21.9. The molecule has 160 valence electrons. The van der Waals surface area contributed by atoms with Crippen molar-refractivity contribution in [3.8, 4) is 34.1 Å². The third-order valence-corrected chi connectivity index (χ3v) is 5.57. The van der Waals surface area contributed by atoms with Gasteiger partial charge in [0, 0.05) is 5.56 Å². The van der Waals surface area contributed by atoms with E-state index in [1.54, 1.807) is 18.3 Å². The second-order valence-electron chi connectivity index (χ2n) is 7.83. The number of aromatic nitrogens is 4. The highest BCUT2D eigenvalue weighted by molar-refractivity contribution is 5.78. The molecule has 0 N–H and O–H groups in total. The van der Waals surface area contributed by atoms with Crippen LogP contribution < -0.4 is 0 Å². The Morgan fingerprint density at radius 2 is 1.87 bits per heavy atom. The molecule has 0 aliphatic heterocycles. The fraction of sp³-hybridized carbons (Fsp3) is 0.320. The molecule has 0 aliphatic rings. The molecular formula is C25H27FN4O. The van der Waals surface area contributed by atoms with Crippen LogP contribution in [0, 0.1) is 12.7 Å². The molecule has 0 aliphatic carbocycles. The van der Waals surface area contributed by atoms with E-state index in [0.29, 0.717) is 11.4 Å². The molecule has 2 aromatic carbocycles.